The lowest BCUT2D eigenvalue weighted by molar-refractivity contribution is -0.143. The molecule has 0 aliphatic heterocycles. The summed E-state index contributed by atoms with van der Waals surface area (Å²) < 4.78 is 5.45. The summed E-state index contributed by atoms with van der Waals surface area (Å²) in [6, 6.07) is -0.557. The number of aliphatic hydroxyl groups excluding tert-OH is 2. The summed E-state index contributed by atoms with van der Waals surface area (Å²) in [6.07, 6.45) is 62.3. The molecule has 61 heavy (non-hydrogen) atoms. The average Bonchev–Trinajstić information content (AvgIpc) is 3.26. The van der Waals surface area contributed by atoms with Crippen LogP contribution < -0.4 is 5.32 Å². The largest absolute Gasteiger partial charge is 0.466 e. The molecule has 2 unspecified atom stereocenters. The molecular formula is C55H101NO5. The molecule has 2 atom stereocenters. The monoisotopic (exact) mass is 856 g/mol. The van der Waals surface area contributed by atoms with Gasteiger partial charge in [0.1, 0.15) is 0 Å². The third-order valence-electron chi connectivity index (χ3n) is 11.9. The van der Waals surface area contributed by atoms with Gasteiger partial charge in [-0.2, -0.15) is 0 Å². The lowest BCUT2D eigenvalue weighted by atomic mass is 10.0. The van der Waals surface area contributed by atoms with Crippen molar-refractivity contribution in [2.75, 3.05) is 13.2 Å². The van der Waals surface area contributed by atoms with E-state index in [0.29, 0.717) is 25.9 Å². The number of carbonyl (C=O) groups is 2. The van der Waals surface area contributed by atoms with Gasteiger partial charge in [0.25, 0.3) is 0 Å². The highest BCUT2D eigenvalue weighted by molar-refractivity contribution is 5.76. The maximum atomic E-state index is 12.4. The van der Waals surface area contributed by atoms with E-state index in [9.17, 15) is 19.8 Å². The highest BCUT2D eigenvalue weighted by atomic mass is 16.5. The predicted molar refractivity (Wildman–Crippen MR) is 264 cm³/mol. The number of carbonyl (C=O) groups excluding carboxylic acids is 2. The molecule has 0 rings (SSSR count). The molecule has 0 aromatic carbocycles. The SMILES string of the molecule is CCCCC/C=C\C/C=C\CCCCCCCCCCCC(=O)OCCCCC/C=C\C=C/CCCCCCCCC(=O)NC(CO)C(O)CCCCCCCCCCCC. The summed E-state index contributed by atoms with van der Waals surface area (Å²) in [5, 5.41) is 23.1. The number of nitrogens with one attached hydrogen (secondary N) is 1. The zero-order valence-electron chi connectivity index (χ0n) is 40.4. The number of hydrogen-bond donors (Lipinski definition) is 3. The predicted octanol–water partition coefficient (Wildman–Crippen LogP) is 15.8. The van der Waals surface area contributed by atoms with Crippen LogP contribution in [0.5, 0.6) is 0 Å². The first-order valence-electron chi connectivity index (χ1n) is 26.4. The van der Waals surface area contributed by atoms with Crippen LogP contribution >= 0.6 is 0 Å². The van der Waals surface area contributed by atoms with Crippen molar-refractivity contribution in [2.45, 2.75) is 276 Å². The van der Waals surface area contributed by atoms with Gasteiger partial charge in [-0.15, -0.1) is 0 Å². The number of rotatable bonds is 48. The van der Waals surface area contributed by atoms with Crippen molar-refractivity contribution in [3.63, 3.8) is 0 Å². The van der Waals surface area contributed by atoms with E-state index >= 15 is 0 Å². The second kappa shape index (κ2) is 50.5. The van der Waals surface area contributed by atoms with Crippen molar-refractivity contribution in [3.8, 4) is 0 Å². The number of unbranched alkanes of at least 4 members (excludes halogenated alkanes) is 30. The standard InChI is InChI=1S/C55H101NO5/c1-3-5-7-9-11-13-15-16-17-18-19-20-23-26-29-33-37-41-45-49-55(60)61-50-46-42-38-34-30-27-24-21-22-25-28-32-36-40-44-48-54(59)56-52(51-57)53(58)47-43-39-35-31-14-12-10-8-6-4-2/h11,13,16-17,21,24,27,30,52-53,57-58H,3-10,12,14-15,18-20,22-23,25-26,28-29,31-51H2,1-2H3,(H,56,59)/b13-11-,17-16-,24-21-,30-27-. The van der Waals surface area contributed by atoms with Crippen LogP contribution in [0.1, 0.15) is 264 Å². The van der Waals surface area contributed by atoms with Gasteiger partial charge in [0.2, 0.25) is 5.91 Å². The molecule has 0 heterocycles. The molecule has 0 aliphatic carbocycles. The Hall–Kier alpha value is -2.18. The summed E-state index contributed by atoms with van der Waals surface area (Å²) in [7, 11) is 0. The quantitative estimate of drug-likeness (QED) is 0.0245. The summed E-state index contributed by atoms with van der Waals surface area (Å²) in [5.74, 6) is -0.0871. The number of hydrogen-bond acceptors (Lipinski definition) is 5. The Kier molecular flexibility index (Phi) is 48.7. The number of ether oxygens (including phenoxy) is 1. The van der Waals surface area contributed by atoms with Crippen molar-refractivity contribution >= 4 is 11.9 Å². The van der Waals surface area contributed by atoms with E-state index in [1.165, 1.54) is 148 Å². The van der Waals surface area contributed by atoms with Gasteiger partial charge in [0.15, 0.2) is 0 Å². The molecule has 0 saturated heterocycles. The second-order valence-electron chi connectivity index (χ2n) is 17.9. The molecule has 0 bridgehead atoms. The zero-order valence-corrected chi connectivity index (χ0v) is 40.4. The van der Waals surface area contributed by atoms with E-state index in [1.807, 2.05) is 0 Å². The lowest BCUT2D eigenvalue weighted by Gasteiger charge is -2.22. The number of amides is 1. The maximum Gasteiger partial charge on any atom is 0.305 e. The Morgan fingerprint density at radius 1 is 0.475 bits per heavy atom. The number of aliphatic hydroxyl groups is 2. The molecule has 1 amide bonds. The van der Waals surface area contributed by atoms with E-state index in [0.717, 1.165) is 83.5 Å². The Labute approximate surface area is 378 Å². The van der Waals surface area contributed by atoms with Crippen LogP contribution in [0, 0.1) is 0 Å². The van der Waals surface area contributed by atoms with Crippen LogP contribution in [0.25, 0.3) is 0 Å². The van der Waals surface area contributed by atoms with Crippen molar-refractivity contribution in [3.05, 3.63) is 48.6 Å². The first kappa shape index (κ1) is 58.8. The van der Waals surface area contributed by atoms with Crippen LogP contribution in [0.2, 0.25) is 0 Å². The van der Waals surface area contributed by atoms with Gasteiger partial charge in [0.05, 0.1) is 25.4 Å². The molecule has 0 fully saturated rings. The van der Waals surface area contributed by atoms with Crippen molar-refractivity contribution < 1.29 is 24.5 Å². The summed E-state index contributed by atoms with van der Waals surface area (Å²) in [5.41, 5.74) is 0. The fourth-order valence-corrected chi connectivity index (χ4v) is 7.78. The highest BCUT2D eigenvalue weighted by Gasteiger charge is 2.20. The van der Waals surface area contributed by atoms with Gasteiger partial charge in [-0.3, -0.25) is 9.59 Å². The third-order valence-corrected chi connectivity index (χ3v) is 11.9. The van der Waals surface area contributed by atoms with Gasteiger partial charge < -0.3 is 20.3 Å². The van der Waals surface area contributed by atoms with Crippen LogP contribution in [-0.4, -0.2) is 47.4 Å². The minimum absolute atomic E-state index is 0.0264. The van der Waals surface area contributed by atoms with Crippen LogP contribution in [-0.2, 0) is 14.3 Å². The molecule has 0 aromatic rings. The molecule has 0 spiro atoms. The smallest absolute Gasteiger partial charge is 0.305 e. The Morgan fingerprint density at radius 2 is 0.869 bits per heavy atom. The third kappa shape index (κ3) is 47.1. The van der Waals surface area contributed by atoms with Gasteiger partial charge in [-0.25, -0.2) is 0 Å². The number of esters is 1. The second-order valence-corrected chi connectivity index (χ2v) is 17.9. The van der Waals surface area contributed by atoms with Gasteiger partial charge in [-0.05, 0) is 89.9 Å². The molecule has 0 aliphatic rings. The maximum absolute atomic E-state index is 12.4. The van der Waals surface area contributed by atoms with Crippen molar-refractivity contribution in [1.82, 2.24) is 5.32 Å². The van der Waals surface area contributed by atoms with Gasteiger partial charge in [0, 0.05) is 12.8 Å². The number of allylic oxidation sites excluding steroid dienone is 8. The summed E-state index contributed by atoms with van der Waals surface area (Å²) in [4.78, 5) is 24.4. The Bertz CT molecular complexity index is 1040. The summed E-state index contributed by atoms with van der Waals surface area (Å²) in [6.45, 7) is 4.84. The van der Waals surface area contributed by atoms with Crippen molar-refractivity contribution in [2.24, 2.45) is 0 Å². The molecule has 0 aromatic heterocycles. The molecule has 356 valence electrons. The lowest BCUT2D eigenvalue weighted by Crippen LogP contribution is -2.45. The van der Waals surface area contributed by atoms with Crippen LogP contribution in [0.3, 0.4) is 0 Å². The normalized spacial score (nSPS) is 13.0. The Balaban J connectivity index is 3.50. The van der Waals surface area contributed by atoms with Crippen LogP contribution in [0.15, 0.2) is 48.6 Å². The molecule has 0 radical (unpaired) electrons. The molecule has 6 heteroatoms. The van der Waals surface area contributed by atoms with E-state index in [2.05, 4.69) is 67.8 Å². The van der Waals surface area contributed by atoms with E-state index < -0.39 is 12.1 Å². The van der Waals surface area contributed by atoms with Gasteiger partial charge >= 0.3 is 5.97 Å². The van der Waals surface area contributed by atoms with Crippen molar-refractivity contribution in [1.29, 1.82) is 0 Å². The zero-order chi connectivity index (χ0) is 44.4. The Morgan fingerprint density at radius 3 is 1.38 bits per heavy atom. The average molecular weight is 856 g/mol. The van der Waals surface area contributed by atoms with Gasteiger partial charge in [-0.1, -0.05) is 210 Å². The molecule has 6 nitrogen and oxygen atoms in total. The molecule has 0 saturated carbocycles. The molecular weight excluding hydrogens is 755 g/mol. The first-order valence-corrected chi connectivity index (χ1v) is 26.4. The fraction of sp³-hybridized carbons (Fsp3) is 0.818. The topological polar surface area (TPSA) is 95.9 Å². The van der Waals surface area contributed by atoms with E-state index in [4.69, 9.17) is 4.74 Å². The summed E-state index contributed by atoms with van der Waals surface area (Å²) >= 11 is 0. The molecule has 3 N–H and O–H groups in total. The van der Waals surface area contributed by atoms with E-state index in [1.54, 1.807) is 0 Å². The first-order chi connectivity index (χ1) is 30.0. The van der Waals surface area contributed by atoms with E-state index in [-0.39, 0.29) is 18.5 Å². The highest BCUT2D eigenvalue weighted by Crippen LogP contribution is 2.15. The minimum atomic E-state index is -0.678. The van der Waals surface area contributed by atoms with Crippen LogP contribution in [0.4, 0.5) is 0 Å². The minimum Gasteiger partial charge on any atom is -0.466 e. The fourth-order valence-electron chi connectivity index (χ4n) is 7.78.